The number of aryl methyl sites for hydroxylation is 1. The van der Waals surface area contributed by atoms with E-state index in [4.69, 9.17) is 9.15 Å². The Morgan fingerprint density at radius 3 is 2.59 bits per heavy atom. The highest BCUT2D eigenvalue weighted by Crippen LogP contribution is 2.08. The van der Waals surface area contributed by atoms with Gasteiger partial charge in [0.05, 0.1) is 5.56 Å². The second-order valence-corrected chi connectivity index (χ2v) is 3.47. The molecule has 1 aromatic carbocycles. The fourth-order valence-corrected chi connectivity index (χ4v) is 1.30. The number of hydrogen-bond acceptors (Lipinski definition) is 4. The van der Waals surface area contributed by atoms with E-state index < -0.39 is 5.97 Å². The summed E-state index contributed by atoms with van der Waals surface area (Å²) in [6, 6.07) is 9.71. The summed E-state index contributed by atoms with van der Waals surface area (Å²) in [5.74, 6) is -0.222. The Morgan fingerprint density at radius 1 is 1.24 bits per heavy atom. The maximum Gasteiger partial charge on any atom is 0.343 e. The average molecular weight is 230 g/mol. The minimum atomic E-state index is -0.582. The van der Waals surface area contributed by atoms with Gasteiger partial charge in [-0.05, 0) is 19.1 Å². The summed E-state index contributed by atoms with van der Waals surface area (Å²) in [5, 5.41) is 0. The minimum Gasteiger partial charge on any atom is -0.465 e. The maximum atomic E-state index is 11.6. The first-order chi connectivity index (χ1) is 8.16. The van der Waals surface area contributed by atoms with Crippen molar-refractivity contribution >= 4 is 5.97 Å². The van der Waals surface area contributed by atoms with Crippen molar-refractivity contribution < 1.29 is 13.9 Å². The van der Waals surface area contributed by atoms with E-state index in [1.54, 1.807) is 37.3 Å². The fraction of sp³-hybridized carbons (Fsp3) is 0.0769. The van der Waals surface area contributed by atoms with Crippen LogP contribution in [0.3, 0.4) is 0 Å². The number of ether oxygens (including phenoxy) is 1. The molecule has 1 heterocycles. The number of benzene rings is 1. The van der Waals surface area contributed by atoms with E-state index in [0.29, 0.717) is 11.3 Å². The predicted octanol–water partition coefficient (Wildman–Crippen LogP) is 2.17. The number of esters is 1. The Hall–Kier alpha value is -2.36. The standard InChI is InChI=1S/C13H10O4/c1-9-7-11(14)12(8-16-9)17-13(15)10-5-3-2-4-6-10/h2-8H,1H3. The molecule has 0 aliphatic rings. The molecule has 17 heavy (non-hydrogen) atoms. The molecule has 4 nitrogen and oxygen atoms in total. The van der Waals surface area contributed by atoms with Gasteiger partial charge in [0.25, 0.3) is 0 Å². The van der Waals surface area contributed by atoms with Crippen LogP contribution in [0.5, 0.6) is 5.75 Å². The maximum absolute atomic E-state index is 11.6. The summed E-state index contributed by atoms with van der Waals surface area (Å²) >= 11 is 0. The van der Waals surface area contributed by atoms with Gasteiger partial charge in [-0.1, -0.05) is 18.2 Å². The second kappa shape index (κ2) is 4.65. The van der Waals surface area contributed by atoms with Crippen LogP contribution in [0, 0.1) is 6.92 Å². The third-order valence-electron chi connectivity index (χ3n) is 2.14. The van der Waals surface area contributed by atoms with Gasteiger partial charge in [-0.3, -0.25) is 4.79 Å². The Morgan fingerprint density at radius 2 is 1.94 bits per heavy atom. The van der Waals surface area contributed by atoms with Crippen molar-refractivity contribution in [2.75, 3.05) is 0 Å². The van der Waals surface area contributed by atoms with E-state index >= 15 is 0 Å². The highest BCUT2D eigenvalue weighted by Gasteiger charge is 2.10. The van der Waals surface area contributed by atoms with Gasteiger partial charge >= 0.3 is 5.97 Å². The SMILES string of the molecule is Cc1cc(=O)c(OC(=O)c2ccccc2)co1. The lowest BCUT2D eigenvalue weighted by Gasteiger charge is -2.02. The highest BCUT2D eigenvalue weighted by molar-refractivity contribution is 5.90. The monoisotopic (exact) mass is 230 g/mol. The largest absolute Gasteiger partial charge is 0.465 e. The van der Waals surface area contributed by atoms with Gasteiger partial charge in [-0.25, -0.2) is 4.79 Å². The van der Waals surface area contributed by atoms with Crippen LogP contribution < -0.4 is 10.2 Å². The molecular weight excluding hydrogens is 220 g/mol. The third-order valence-corrected chi connectivity index (χ3v) is 2.14. The van der Waals surface area contributed by atoms with Gasteiger partial charge in [0.2, 0.25) is 11.2 Å². The minimum absolute atomic E-state index is 0.107. The normalized spacial score (nSPS) is 9.94. The average Bonchev–Trinajstić information content (AvgIpc) is 2.34. The van der Waals surface area contributed by atoms with Crippen LogP contribution in [-0.4, -0.2) is 5.97 Å². The van der Waals surface area contributed by atoms with Gasteiger partial charge in [-0.15, -0.1) is 0 Å². The molecule has 2 rings (SSSR count). The molecule has 0 unspecified atom stereocenters. The first-order valence-electron chi connectivity index (χ1n) is 5.03. The fourth-order valence-electron chi connectivity index (χ4n) is 1.30. The summed E-state index contributed by atoms with van der Waals surface area (Å²) in [7, 11) is 0. The Labute approximate surface area is 97.5 Å². The first-order valence-corrected chi connectivity index (χ1v) is 5.03. The summed E-state index contributed by atoms with van der Waals surface area (Å²) in [5.41, 5.74) is 0.00510. The number of carbonyl (C=O) groups excluding carboxylic acids is 1. The summed E-state index contributed by atoms with van der Waals surface area (Å²) < 4.78 is 9.94. The molecule has 0 saturated carbocycles. The van der Waals surface area contributed by atoms with Crippen LogP contribution in [0.25, 0.3) is 0 Å². The van der Waals surface area contributed by atoms with Crippen LogP contribution in [0.15, 0.2) is 51.9 Å². The van der Waals surface area contributed by atoms with E-state index in [0.717, 1.165) is 6.26 Å². The predicted molar refractivity (Wildman–Crippen MR) is 61.1 cm³/mol. The molecule has 2 aromatic rings. The second-order valence-electron chi connectivity index (χ2n) is 3.47. The smallest absolute Gasteiger partial charge is 0.343 e. The van der Waals surface area contributed by atoms with E-state index in [1.807, 2.05) is 0 Å². The van der Waals surface area contributed by atoms with Crippen molar-refractivity contribution in [1.82, 2.24) is 0 Å². The number of hydrogen-bond donors (Lipinski definition) is 0. The van der Waals surface area contributed by atoms with Crippen LogP contribution >= 0.6 is 0 Å². The molecule has 86 valence electrons. The lowest BCUT2D eigenvalue weighted by Crippen LogP contribution is -2.14. The summed E-state index contributed by atoms with van der Waals surface area (Å²) in [6.07, 6.45) is 1.14. The molecule has 0 aliphatic heterocycles. The Bertz CT molecular complexity index is 584. The number of carbonyl (C=O) groups is 1. The van der Waals surface area contributed by atoms with Crippen molar-refractivity contribution in [3.05, 3.63) is 64.2 Å². The Kier molecular flexibility index (Phi) is 3.05. The van der Waals surface area contributed by atoms with Crippen molar-refractivity contribution in [2.24, 2.45) is 0 Å². The first kappa shape index (κ1) is 11.1. The lowest BCUT2D eigenvalue weighted by atomic mass is 10.2. The zero-order chi connectivity index (χ0) is 12.3. The van der Waals surface area contributed by atoms with Crippen LogP contribution in [0.2, 0.25) is 0 Å². The molecule has 0 amide bonds. The van der Waals surface area contributed by atoms with Crippen molar-refractivity contribution in [2.45, 2.75) is 6.92 Å². The lowest BCUT2D eigenvalue weighted by molar-refractivity contribution is 0.0729. The molecule has 1 aromatic heterocycles. The molecule has 0 spiro atoms. The van der Waals surface area contributed by atoms with Gasteiger partial charge in [0.1, 0.15) is 12.0 Å². The highest BCUT2D eigenvalue weighted by atomic mass is 16.5. The van der Waals surface area contributed by atoms with E-state index in [9.17, 15) is 9.59 Å². The molecule has 0 fully saturated rings. The van der Waals surface area contributed by atoms with Crippen LogP contribution in [0.4, 0.5) is 0 Å². The van der Waals surface area contributed by atoms with Gasteiger partial charge in [0.15, 0.2) is 0 Å². The third kappa shape index (κ3) is 2.60. The molecule has 0 atom stereocenters. The van der Waals surface area contributed by atoms with Crippen LogP contribution in [-0.2, 0) is 0 Å². The molecule has 4 heteroatoms. The summed E-state index contributed by atoms with van der Waals surface area (Å²) in [4.78, 5) is 23.1. The van der Waals surface area contributed by atoms with E-state index in [1.165, 1.54) is 6.07 Å². The molecule has 0 saturated heterocycles. The van der Waals surface area contributed by atoms with Crippen LogP contribution in [0.1, 0.15) is 16.1 Å². The van der Waals surface area contributed by atoms with Crippen molar-refractivity contribution in [1.29, 1.82) is 0 Å². The topological polar surface area (TPSA) is 56.5 Å². The number of rotatable bonds is 2. The van der Waals surface area contributed by atoms with Gasteiger partial charge < -0.3 is 9.15 Å². The zero-order valence-corrected chi connectivity index (χ0v) is 9.17. The van der Waals surface area contributed by atoms with Crippen molar-refractivity contribution in [3.8, 4) is 5.75 Å². The van der Waals surface area contributed by atoms with E-state index in [2.05, 4.69) is 0 Å². The molecular formula is C13H10O4. The molecule has 0 N–H and O–H groups in total. The molecule has 0 radical (unpaired) electrons. The zero-order valence-electron chi connectivity index (χ0n) is 9.17. The molecule has 0 bridgehead atoms. The quantitative estimate of drug-likeness (QED) is 0.742. The van der Waals surface area contributed by atoms with E-state index in [-0.39, 0.29) is 11.2 Å². The van der Waals surface area contributed by atoms with Gasteiger partial charge in [-0.2, -0.15) is 0 Å². The Balaban J connectivity index is 2.22. The van der Waals surface area contributed by atoms with Gasteiger partial charge in [0, 0.05) is 6.07 Å². The molecule has 0 aliphatic carbocycles. The summed E-state index contributed by atoms with van der Waals surface area (Å²) in [6.45, 7) is 1.64. The van der Waals surface area contributed by atoms with Crippen molar-refractivity contribution in [3.63, 3.8) is 0 Å².